The van der Waals surface area contributed by atoms with Gasteiger partial charge in [0.1, 0.15) is 16.1 Å². The molecule has 2 aliphatic rings. The molecule has 1 aliphatic heterocycles. The summed E-state index contributed by atoms with van der Waals surface area (Å²) in [5, 5.41) is 6.18. The van der Waals surface area contributed by atoms with Crippen molar-refractivity contribution in [2.75, 3.05) is 11.5 Å². The van der Waals surface area contributed by atoms with Gasteiger partial charge in [-0.1, -0.05) is 18.9 Å². The molecule has 1 saturated carbocycles. The van der Waals surface area contributed by atoms with Crippen LogP contribution in [0.3, 0.4) is 0 Å². The van der Waals surface area contributed by atoms with Crippen LogP contribution in [0.2, 0.25) is 0 Å². The highest BCUT2D eigenvalue weighted by atomic mass is 32.1. The van der Waals surface area contributed by atoms with Gasteiger partial charge in [0.25, 0.3) is 5.91 Å². The minimum absolute atomic E-state index is 0.130. The average molecular weight is 466 g/mol. The van der Waals surface area contributed by atoms with E-state index in [2.05, 4.69) is 5.32 Å². The zero-order valence-electron chi connectivity index (χ0n) is 18.8. The largest absolute Gasteiger partial charge is 0.462 e. The van der Waals surface area contributed by atoms with Crippen molar-refractivity contribution in [1.82, 2.24) is 9.88 Å². The van der Waals surface area contributed by atoms with Crippen LogP contribution in [0, 0.1) is 0 Å². The molecule has 0 bridgehead atoms. The Bertz CT molecular complexity index is 1240. The standard InChI is InChI=1S/C25H27N3O4S/c1-3-32-23(30)17-7-6-10-19(13-17)28-21(29)20-14-16-11-12-33-22(16)27(20)15-25(28,2)24(31)26-18-8-4-5-9-18/h6-7,10-14,18H,3-5,8-9,15H2,1-2H3,(H,26,31). The number of nitrogens with zero attached hydrogens (tertiary/aromatic N) is 2. The molecule has 1 aliphatic carbocycles. The fourth-order valence-electron chi connectivity index (χ4n) is 5.00. The van der Waals surface area contributed by atoms with E-state index in [1.54, 1.807) is 47.4 Å². The SMILES string of the molecule is CCOC(=O)c1cccc(N2C(=O)c3cc4ccsc4n3CC2(C)C(=O)NC2CCCC2)c1. The van der Waals surface area contributed by atoms with Crippen molar-refractivity contribution >= 4 is 45.0 Å². The summed E-state index contributed by atoms with van der Waals surface area (Å²) >= 11 is 1.56. The third kappa shape index (κ3) is 3.62. The van der Waals surface area contributed by atoms with Crippen molar-refractivity contribution in [3.05, 3.63) is 53.0 Å². The molecular weight excluding hydrogens is 438 g/mol. The molecule has 3 aromatic rings. The van der Waals surface area contributed by atoms with Crippen LogP contribution < -0.4 is 10.2 Å². The maximum Gasteiger partial charge on any atom is 0.338 e. The number of carbonyl (C=O) groups is 3. The second-order valence-electron chi connectivity index (χ2n) is 8.94. The molecule has 1 unspecified atom stereocenters. The number of anilines is 1. The second-order valence-corrected chi connectivity index (χ2v) is 9.83. The lowest BCUT2D eigenvalue weighted by atomic mass is 9.93. The number of amides is 2. The molecular formula is C25H27N3O4S. The van der Waals surface area contributed by atoms with Crippen molar-refractivity contribution in [2.45, 2.75) is 57.7 Å². The molecule has 0 spiro atoms. The maximum atomic E-state index is 13.9. The summed E-state index contributed by atoms with van der Waals surface area (Å²) in [6, 6.07) is 10.8. The fraction of sp³-hybridized carbons (Fsp3) is 0.400. The Morgan fingerprint density at radius 2 is 2.00 bits per heavy atom. The Balaban J connectivity index is 1.60. The molecule has 1 atom stereocenters. The van der Waals surface area contributed by atoms with E-state index in [1.165, 1.54) is 0 Å². The number of hydrogen-bond donors (Lipinski definition) is 1. The molecule has 5 rings (SSSR count). The Kier molecular flexibility index (Phi) is 5.48. The van der Waals surface area contributed by atoms with Gasteiger partial charge in [0, 0.05) is 17.1 Å². The van der Waals surface area contributed by atoms with Crippen LogP contribution in [0.1, 0.15) is 60.4 Å². The quantitative estimate of drug-likeness (QED) is 0.568. The molecule has 0 saturated heterocycles. The average Bonchev–Trinajstić information content (AvgIpc) is 3.53. The van der Waals surface area contributed by atoms with E-state index in [4.69, 9.17) is 4.74 Å². The van der Waals surface area contributed by atoms with Gasteiger partial charge in [-0.05, 0) is 62.4 Å². The van der Waals surface area contributed by atoms with Crippen LogP contribution in [-0.2, 0) is 16.1 Å². The molecule has 0 radical (unpaired) electrons. The van der Waals surface area contributed by atoms with E-state index in [0.717, 1.165) is 35.9 Å². The number of carbonyl (C=O) groups excluding carboxylic acids is 3. The Labute approximate surface area is 196 Å². The number of hydrogen-bond acceptors (Lipinski definition) is 5. The molecule has 7 nitrogen and oxygen atoms in total. The number of fused-ring (bicyclic) bond motifs is 3. The lowest BCUT2D eigenvalue weighted by molar-refractivity contribution is -0.127. The number of ether oxygens (including phenoxy) is 1. The van der Waals surface area contributed by atoms with Gasteiger partial charge in [-0.15, -0.1) is 11.3 Å². The highest BCUT2D eigenvalue weighted by molar-refractivity contribution is 7.16. The number of rotatable bonds is 5. The first kappa shape index (κ1) is 21.7. The molecule has 2 aromatic heterocycles. The zero-order chi connectivity index (χ0) is 23.2. The topological polar surface area (TPSA) is 80.6 Å². The lowest BCUT2D eigenvalue weighted by Crippen LogP contribution is -2.65. The summed E-state index contributed by atoms with van der Waals surface area (Å²) in [6.07, 6.45) is 4.11. The fourth-order valence-corrected chi connectivity index (χ4v) is 5.90. The summed E-state index contributed by atoms with van der Waals surface area (Å²) in [5.41, 5.74) is 0.244. The summed E-state index contributed by atoms with van der Waals surface area (Å²) < 4.78 is 7.11. The van der Waals surface area contributed by atoms with Gasteiger partial charge >= 0.3 is 5.97 Å². The smallest absolute Gasteiger partial charge is 0.338 e. The van der Waals surface area contributed by atoms with Gasteiger partial charge in [-0.2, -0.15) is 0 Å². The summed E-state index contributed by atoms with van der Waals surface area (Å²) in [6.45, 7) is 4.16. The third-order valence-electron chi connectivity index (χ3n) is 6.68. The first-order valence-corrected chi connectivity index (χ1v) is 12.3. The normalized spacial score (nSPS) is 20.8. The third-order valence-corrected chi connectivity index (χ3v) is 7.63. The van der Waals surface area contributed by atoms with E-state index in [0.29, 0.717) is 23.5 Å². The first-order chi connectivity index (χ1) is 15.9. The predicted octanol–water partition coefficient (Wildman–Crippen LogP) is 4.36. The Morgan fingerprint density at radius 3 is 2.76 bits per heavy atom. The van der Waals surface area contributed by atoms with Gasteiger partial charge in [0.15, 0.2) is 0 Å². The predicted molar refractivity (Wildman–Crippen MR) is 128 cm³/mol. The molecule has 1 fully saturated rings. The summed E-state index contributed by atoms with van der Waals surface area (Å²) in [5.74, 6) is -0.882. The number of nitrogens with one attached hydrogen (secondary N) is 1. The van der Waals surface area contributed by atoms with Crippen molar-refractivity contribution < 1.29 is 19.1 Å². The van der Waals surface area contributed by atoms with E-state index in [9.17, 15) is 14.4 Å². The van der Waals surface area contributed by atoms with E-state index in [-0.39, 0.29) is 24.5 Å². The molecule has 172 valence electrons. The monoisotopic (exact) mass is 465 g/mol. The molecule has 1 N–H and O–H groups in total. The van der Waals surface area contributed by atoms with Gasteiger partial charge in [-0.25, -0.2) is 4.79 Å². The summed E-state index contributed by atoms with van der Waals surface area (Å²) in [7, 11) is 0. The van der Waals surface area contributed by atoms with E-state index >= 15 is 0 Å². The van der Waals surface area contributed by atoms with Gasteiger partial charge in [0.05, 0.1) is 18.7 Å². The Morgan fingerprint density at radius 1 is 1.21 bits per heavy atom. The minimum Gasteiger partial charge on any atom is -0.462 e. The highest BCUT2D eigenvalue weighted by Crippen LogP contribution is 2.38. The van der Waals surface area contributed by atoms with Gasteiger partial charge in [0.2, 0.25) is 5.91 Å². The molecule has 1 aromatic carbocycles. The van der Waals surface area contributed by atoms with Crippen molar-refractivity contribution in [3.63, 3.8) is 0 Å². The van der Waals surface area contributed by atoms with Crippen LogP contribution >= 0.6 is 11.3 Å². The molecule has 8 heteroatoms. The van der Waals surface area contributed by atoms with E-state index < -0.39 is 11.5 Å². The first-order valence-electron chi connectivity index (χ1n) is 11.4. The van der Waals surface area contributed by atoms with Crippen LogP contribution in [0.5, 0.6) is 0 Å². The zero-order valence-corrected chi connectivity index (χ0v) is 19.6. The molecule has 2 amide bonds. The number of esters is 1. The number of benzene rings is 1. The Hall–Kier alpha value is -3.13. The van der Waals surface area contributed by atoms with Gasteiger partial charge in [-0.3, -0.25) is 14.5 Å². The van der Waals surface area contributed by atoms with Crippen molar-refractivity contribution in [3.8, 4) is 0 Å². The number of aromatic nitrogens is 1. The maximum absolute atomic E-state index is 13.9. The molecule has 3 heterocycles. The minimum atomic E-state index is -1.16. The van der Waals surface area contributed by atoms with Crippen LogP contribution in [0.4, 0.5) is 5.69 Å². The number of thiophene rings is 1. The lowest BCUT2D eigenvalue weighted by Gasteiger charge is -2.44. The van der Waals surface area contributed by atoms with E-state index in [1.807, 2.05) is 29.0 Å². The second kappa shape index (κ2) is 8.33. The van der Waals surface area contributed by atoms with Crippen molar-refractivity contribution in [2.24, 2.45) is 0 Å². The van der Waals surface area contributed by atoms with Crippen LogP contribution in [0.25, 0.3) is 10.2 Å². The van der Waals surface area contributed by atoms with Crippen LogP contribution in [0.15, 0.2) is 41.8 Å². The highest BCUT2D eigenvalue weighted by Gasteiger charge is 2.49. The summed E-state index contributed by atoms with van der Waals surface area (Å²) in [4.78, 5) is 42.5. The van der Waals surface area contributed by atoms with Crippen molar-refractivity contribution in [1.29, 1.82) is 0 Å². The molecule has 33 heavy (non-hydrogen) atoms. The van der Waals surface area contributed by atoms with Crippen LogP contribution in [-0.4, -0.2) is 40.5 Å². The van der Waals surface area contributed by atoms with Gasteiger partial charge < -0.3 is 14.6 Å².